The lowest BCUT2D eigenvalue weighted by atomic mass is 9.89. The Morgan fingerprint density at radius 2 is 1.50 bits per heavy atom. The van der Waals surface area contributed by atoms with Crippen molar-refractivity contribution < 1.29 is 45.4 Å². The average Bonchev–Trinajstić information content (AvgIpc) is 2.96. The van der Waals surface area contributed by atoms with Crippen LogP contribution in [-0.2, 0) is 39.5 Å². The van der Waals surface area contributed by atoms with Crippen molar-refractivity contribution in [2.24, 2.45) is 5.92 Å². The molecule has 0 amide bonds. The van der Waals surface area contributed by atoms with Crippen LogP contribution in [0.15, 0.2) is 66.9 Å². The number of ether oxygens (including phenoxy) is 2. The Hall–Kier alpha value is -3.93. The molecule has 2 atom stereocenters. The van der Waals surface area contributed by atoms with Gasteiger partial charge < -0.3 is 14.8 Å². The smallest absolute Gasteiger partial charge is 0.416 e. The summed E-state index contributed by atoms with van der Waals surface area (Å²) in [5.41, 5.74) is 0.559. The highest BCUT2D eigenvalue weighted by molar-refractivity contribution is 5.89. The fourth-order valence-corrected chi connectivity index (χ4v) is 4.59. The third kappa shape index (κ3) is 9.57. The molecule has 6 nitrogen and oxygen atoms in total. The predicted octanol–water partition coefficient (Wildman–Crippen LogP) is 6.27. The summed E-state index contributed by atoms with van der Waals surface area (Å²) in [6, 6.07) is 13.3. The number of carbonyl (C=O) groups is 2. The summed E-state index contributed by atoms with van der Waals surface area (Å²) < 4.78 is 85.3. The van der Waals surface area contributed by atoms with Crippen LogP contribution in [0.3, 0.4) is 0 Å². The van der Waals surface area contributed by atoms with Gasteiger partial charge in [-0.15, -0.1) is 0 Å². The van der Waals surface area contributed by atoms with Crippen molar-refractivity contribution in [3.05, 3.63) is 100 Å². The van der Waals surface area contributed by atoms with Crippen molar-refractivity contribution in [3.8, 4) is 0 Å². The summed E-state index contributed by atoms with van der Waals surface area (Å²) >= 11 is 0. The van der Waals surface area contributed by atoms with E-state index >= 15 is 0 Å². The summed E-state index contributed by atoms with van der Waals surface area (Å²) in [4.78, 5) is 27.0. The molecule has 1 aliphatic rings. The highest BCUT2D eigenvalue weighted by Gasteiger charge is 2.32. The van der Waals surface area contributed by atoms with Crippen molar-refractivity contribution >= 4 is 11.9 Å². The first-order valence-corrected chi connectivity index (χ1v) is 13.0. The van der Waals surface area contributed by atoms with Crippen molar-refractivity contribution in [1.29, 1.82) is 0 Å². The van der Waals surface area contributed by atoms with Crippen LogP contribution < -0.4 is 5.32 Å². The van der Waals surface area contributed by atoms with Crippen LogP contribution in [0.2, 0.25) is 0 Å². The van der Waals surface area contributed by atoms with E-state index in [1.54, 1.807) is 12.1 Å². The Bertz CT molecular complexity index is 1360. The van der Waals surface area contributed by atoms with Gasteiger partial charge >= 0.3 is 24.3 Å². The van der Waals surface area contributed by atoms with E-state index in [1.807, 2.05) is 0 Å². The normalized spacial score (nSPS) is 17.0. The highest BCUT2D eigenvalue weighted by Crippen LogP contribution is 2.31. The first-order chi connectivity index (χ1) is 19.8. The van der Waals surface area contributed by atoms with Crippen molar-refractivity contribution in [2.45, 2.75) is 44.1 Å². The summed E-state index contributed by atoms with van der Waals surface area (Å²) in [5.74, 6) is -0.930. The average molecular weight is 597 g/mol. The zero-order chi connectivity index (χ0) is 30.9. The number of pyridine rings is 1. The molecule has 0 saturated carbocycles. The molecule has 3 aromatic rings. The molecule has 2 aromatic carbocycles. The largest absolute Gasteiger partial charge is 0.469 e. The molecule has 0 spiro atoms. The number of aromatic nitrogens is 1. The molecule has 1 saturated heterocycles. The first kappa shape index (κ1) is 32.6. The molecule has 1 aliphatic heterocycles. The van der Waals surface area contributed by atoms with E-state index in [-0.39, 0.29) is 24.3 Å². The van der Waals surface area contributed by atoms with Gasteiger partial charge in [-0.1, -0.05) is 36.4 Å². The van der Waals surface area contributed by atoms with Crippen LogP contribution in [-0.4, -0.2) is 43.7 Å². The maximum Gasteiger partial charge on any atom is 0.416 e. The Morgan fingerprint density at radius 1 is 0.881 bits per heavy atom. The van der Waals surface area contributed by atoms with Gasteiger partial charge in [0.1, 0.15) is 0 Å². The second kappa shape index (κ2) is 14.3. The SMILES string of the molecule is COC(=O)C1CCNC(Cc2cccc(C(F)(F)F)c2)C1.COC(=O)c1ccnc(Cc2cccc(C(F)(F)F)c2)c1. The van der Waals surface area contributed by atoms with Gasteiger partial charge in [0, 0.05) is 24.4 Å². The minimum atomic E-state index is -4.38. The molecule has 0 radical (unpaired) electrons. The number of hydrogen-bond donors (Lipinski definition) is 1. The second-order valence-electron chi connectivity index (χ2n) is 9.70. The molecule has 1 N–H and O–H groups in total. The van der Waals surface area contributed by atoms with Gasteiger partial charge in [0.25, 0.3) is 0 Å². The minimum Gasteiger partial charge on any atom is -0.469 e. The standard InChI is InChI=1S/C15H18F3NO2.C15H12F3NO2/c2*1-21-14(20)11-5-6-19-13(9-11)8-10-3-2-4-12(7-10)15(16,17)18/h2-4,7,11,13,19H,5-6,8-9H2,1H3;2-7,9H,8H2,1H3. The number of rotatable bonds is 6. The molecule has 0 aliphatic carbocycles. The number of benzene rings is 2. The fourth-order valence-electron chi connectivity index (χ4n) is 4.59. The number of piperidine rings is 1. The van der Waals surface area contributed by atoms with Gasteiger partial charge in [-0.2, -0.15) is 26.3 Å². The maximum atomic E-state index is 12.7. The quantitative estimate of drug-likeness (QED) is 0.267. The van der Waals surface area contributed by atoms with E-state index < -0.39 is 29.4 Å². The van der Waals surface area contributed by atoms with Gasteiger partial charge in [-0.3, -0.25) is 9.78 Å². The van der Waals surface area contributed by atoms with E-state index in [4.69, 9.17) is 4.74 Å². The topological polar surface area (TPSA) is 77.5 Å². The van der Waals surface area contributed by atoms with Crippen molar-refractivity contribution in [3.63, 3.8) is 0 Å². The number of methoxy groups -OCH3 is 2. The molecule has 0 bridgehead atoms. The first-order valence-electron chi connectivity index (χ1n) is 13.0. The van der Waals surface area contributed by atoms with Crippen molar-refractivity contribution in [2.75, 3.05) is 20.8 Å². The number of halogens is 6. The molecule has 4 rings (SSSR count). The number of hydrogen-bond acceptors (Lipinski definition) is 6. The molecular formula is C30H30F6N2O4. The molecular weight excluding hydrogens is 566 g/mol. The van der Waals surface area contributed by atoms with Crippen LogP contribution in [0.5, 0.6) is 0 Å². The zero-order valence-electron chi connectivity index (χ0n) is 22.9. The summed E-state index contributed by atoms with van der Waals surface area (Å²) in [5, 5.41) is 3.25. The van der Waals surface area contributed by atoms with Gasteiger partial charge in [0.15, 0.2) is 0 Å². The molecule has 42 heavy (non-hydrogen) atoms. The maximum absolute atomic E-state index is 12.7. The molecule has 1 fully saturated rings. The summed E-state index contributed by atoms with van der Waals surface area (Å²) in [7, 11) is 2.61. The van der Waals surface area contributed by atoms with Crippen LogP contribution in [0.25, 0.3) is 0 Å². The van der Waals surface area contributed by atoms with Gasteiger partial charge in [-0.05, 0) is 61.2 Å². The second-order valence-corrected chi connectivity index (χ2v) is 9.70. The van der Waals surface area contributed by atoms with Gasteiger partial charge in [0.2, 0.25) is 0 Å². The van der Waals surface area contributed by atoms with Gasteiger partial charge in [0.05, 0.1) is 36.8 Å². The van der Waals surface area contributed by atoms with Crippen LogP contribution in [0, 0.1) is 5.92 Å². The summed E-state index contributed by atoms with van der Waals surface area (Å²) in [6.45, 7) is 0.670. The van der Waals surface area contributed by atoms with Crippen LogP contribution in [0.4, 0.5) is 26.3 Å². The summed E-state index contributed by atoms with van der Waals surface area (Å²) in [6.07, 6.45) is -5.32. The fraction of sp³-hybridized carbons (Fsp3) is 0.367. The Balaban J connectivity index is 0.000000230. The molecule has 2 heterocycles. The van der Waals surface area contributed by atoms with E-state index in [0.29, 0.717) is 48.2 Å². The lowest BCUT2D eigenvalue weighted by molar-refractivity contribution is -0.146. The van der Waals surface area contributed by atoms with Crippen LogP contribution in [0.1, 0.15) is 51.1 Å². The predicted molar refractivity (Wildman–Crippen MR) is 142 cm³/mol. The number of alkyl halides is 6. The minimum absolute atomic E-state index is 0.00802. The molecule has 12 heteroatoms. The third-order valence-electron chi connectivity index (χ3n) is 6.64. The van der Waals surface area contributed by atoms with E-state index in [1.165, 1.54) is 50.7 Å². The lowest BCUT2D eigenvalue weighted by Gasteiger charge is -2.29. The molecule has 226 valence electrons. The lowest BCUT2D eigenvalue weighted by Crippen LogP contribution is -2.42. The highest BCUT2D eigenvalue weighted by atomic mass is 19.4. The number of carbonyl (C=O) groups excluding carboxylic acids is 2. The van der Waals surface area contributed by atoms with Gasteiger partial charge in [-0.25, -0.2) is 4.79 Å². The zero-order valence-corrected chi connectivity index (χ0v) is 22.9. The monoisotopic (exact) mass is 596 g/mol. The molecule has 1 aromatic heterocycles. The number of esters is 2. The Kier molecular flexibility index (Phi) is 11.1. The van der Waals surface area contributed by atoms with Crippen LogP contribution >= 0.6 is 0 Å². The van der Waals surface area contributed by atoms with E-state index in [0.717, 1.165) is 18.2 Å². The number of nitrogens with zero attached hydrogens (tertiary/aromatic N) is 1. The van der Waals surface area contributed by atoms with E-state index in [2.05, 4.69) is 15.0 Å². The van der Waals surface area contributed by atoms with Crippen molar-refractivity contribution in [1.82, 2.24) is 10.3 Å². The van der Waals surface area contributed by atoms with E-state index in [9.17, 15) is 35.9 Å². The number of nitrogens with one attached hydrogen (secondary N) is 1. The Labute approximate surface area is 239 Å². The molecule has 2 unspecified atom stereocenters. The third-order valence-corrected chi connectivity index (χ3v) is 6.64. The Morgan fingerprint density at radius 3 is 2.10 bits per heavy atom.